The summed E-state index contributed by atoms with van der Waals surface area (Å²) in [6.07, 6.45) is 10.2. The van der Waals surface area contributed by atoms with Crippen LogP contribution in [-0.4, -0.2) is 109 Å². The van der Waals surface area contributed by atoms with E-state index in [2.05, 4.69) is 79.1 Å². The number of ether oxygens (including phenoxy) is 1. The molecule has 5 aromatic rings. The molecular weight excluding hydrogens is 847 g/mol. The van der Waals surface area contributed by atoms with E-state index < -0.39 is 5.60 Å². The van der Waals surface area contributed by atoms with Crippen molar-refractivity contribution in [2.75, 3.05) is 65.2 Å². The van der Waals surface area contributed by atoms with Gasteiger partial charge in [0, 0.05) is 98.0 Å². The molecule has 352 valence electrons. The molecule has 4 aliphatic rings. The average Bonchev–Trinajstić information content (AvgIpc) is 3.80. The van der Waals surface area contributed by atoms with Gasteiger partial charge in [-0.05, 0) is 113 Å². The number of piperidine rings is 1. The summed E-state index contributed by atoms with van der Waals surface area (Å²) in [4.78, 5) is 54.6. The first-order valence-corrected chi connectivity index (χ1v) is 23.4. The van der Waals surface area contributed by atoms with E-state index in [1.165, 1.54) is 24.4 Å². The Balaban J connectivity index is 0.920. The van der Waals surface area contributed by atoms with E-state index in [1.54, 1.807) is 43.4 Å². The van der Waals surface area contributed by atoms with Crippen LogP contribution in [0.3, 0.4) is 0 Å². The van der Waals surface area contributed by atoms with E-state index in [0.717, 1.165) is 63.2 Å². The molecule has 4 aromatic heterocycles. The first-order valence-electron chi connectivity index (χ1n) is 23.4. The summed E-state index contributed by atoms with van der Waals surface area (Å²) >= 11 is 0. The molecule has 0 radical (unpaired) electrons. The number of amides is 2. The van der Waals surface area contributed by atoms with Gasteiger partial charge in [-0.3, -0.25) is 24.4 Å². The number of carbonyl (C=O) groups is 2. The SMILES string of the molecule is C=CC(=O)Nc1cc(Nc2nc(-c3ccnc(N4CCn5c(cc6c5CC(C)(C)C6)C4=O)c3CO)cnc2OC)ccc1N1CCN(C2CCN(c3ccnc(C(C)(C)O)c3)[C@@H](C)C2)C[C@@H]1C. The minimum Gasteiger partial charge on any atom is -0.478 e. The van der Waals surface area contributed by atoms with E-state index >= 15 is 0 Å². The van der Waals surface area contributed by atoms with Gasteiger partial charge in [0.1, 0.15) is 17.1 Å². The van der Waals surface area contributed by atoms with Gasteiger partial charge in [0.15, 0.2) is 5.82 Å². The number of aromatic nitrogens is 5. The van der Waals surface area contributed by atoms with Crippen LogP contribution in [0.4, 0.5) is 34.4 Å². The third kappa shape index (κ3) is 8.97. The highest BCUT2D eigenvalue weighted by molar-refractivity contribution is 6.06. The van der Waals surface area contributed by atoms with Gasteiger partial charge >= 0.3 is 0 Å². The van der Waals surface area contributed by atoms with E-state index in [0.29, 0.717) is 76.4 Å². The summed E-state index contributed by atoms with van der Waals surface area (Å²) in [7, 11) is 1.52. The number of rotatable bonds is 12. The Labute approximate surface area is 392 Å². The molecule has 2 amide bonds. The lowest BCUT2D eigenvalue weighted by Gasteiger charge is -2.48. The van der Waals surface area contributed by atoms with Crippen LogP contribution in [0.1, 0.15) is 87.4 Å². The Hall–Kier alpha value is -6.36. The lowest BCUT2D eigenvalue weighted by atomic mass is 9.90. The Kier molecular flexibility index (Phi) is 12.3. The monoisotopic (exact) mass is 910 g/mol. The third-order valence-corrected chi connectivity index (χ3v) is 14.0. The topological polar surface area (TPSA) is 177 Å². The molecule has 16 nitrogen and oxygen atoms in total. The zero-order valence-electron chi connectivity index (χ0n) is 39.7. The maximum atomic E-state index is 14.1. The van der Waals surface area contributed by atoms with Gasteiger partial charge in [0.05, 0.1) is 42.7 Å². The predicted octanol–water partition coefficient (Wildman–Crippen LogP) is 6.68. The Morgan fingerprint density at radius 2 is 1.79 bits per heavy atom. The zero-order chi connectivity index (χ0) is 47.4. The molecule has 3 aliphatic heterocycles. The fourth-order valence-corrected chi connectivity index (χ4v) is 10.7. The third-order valence-electron chi connectivity index (χ3n) is 14.0. The summed E-state index contributed by atoms with van der Waals surface area (Å²) in [6.45, 7) is 20.4. The van der Waals surface area contributed by atoms with Gasteiger partial charge < -0.3 is 40.0 Å². The van der Waals surface area contributed by atoms with Crippen LogP contribution in [0, 0.1) is 5.41 Å². The van der Waals surface area contributed by atoms with Gasteiger partial charge in [-0.25, -0.2) is 15.0 Å². The number of aliphatic hydroxyl groups excluding tert-OH is 1. The van der Waals surface area contributed by atoms with Crippen molar-refractivity contribution in [3.63, 3.8) is 0 Å². The number of pyridine rings is 2. The molecule has 7 heterocycles. The quantitative estimate of drug-likeness (QED) is 0.0976. The number of aliphatic hydroxyl groups is 2. The molecule has 0 saturated carbocycles. The number of methoxy groups -OCH3 is 1. The van der Waals surface area contributed by atoms with Crippen molar-refractivity contribution in [2.24, 2.45) is 5.41 Å². The van der Waals surface area contributed by atoms with E-state index in [4.69, 9.17) is 9.72 Å². The van der Waals surface area contributed by atoms with Gasteiger partial charge in [-0.2, -0.15) is 0 Å². The summed E-state index contributed by atoms with van der Waals surface area (Å²) in [5.41, 5.74) is 7.72. The van der Waals surface area contributed by atoms with Crippen molar-refractivity contribution in [2.45, 2.75) is 104 Å². The summed E-state index contributed by atoms with van der Waals surface area (Å²) in [5, 5.41) is 27.8. The molecule has 1 aromatic carbocycles. The number of benzene rings is 1. The Morgan fingerprint density at radius 3 is 2.52 bits per heavy atom. The van der Waals surface area contributed by atoms with Crippen molar-refractivity contribution in [1.29, 1.82) is 0 Å². The molecule has 2 fully saturated rings. The van der Waals surface area contributed by atoms with Crippen LogP contribution < -0.4 is 30.1 Å². The van der Waals surface area contributed by atoms with Crippen LogP contribution >= 0.6 is 0 Å². The van der Waals surface area contributed by atoms with Gasteiger partial charge in [0.2, 0.25) is 5.91 Å². The van der Waals surface area contributed by atoms with E-state index in [-0.39, 0.29) is 35.8 Å². The number of hydrogen-bond donors (Lipinski definition) is 4. The zero-order valence-corrected chi connectivity index (χ0v) is 39.7. The molecule has 9 rings (SSSR count). The molecule has 0 spiro atoms. The van der Waals surface area contributed by atoms with Crippen molar-refractivity contribution in [1.82, 2.24) is 29.4 Å². The number of carbonyl (C=O) groups excluding carboxylic acids is 2. The van der Waals surface area contributed by atoms with Crippen molar-refractivity contribution in [3.8, 4) is 17.1 Å². The fourth-order valence-electron chi connectivity index (χ4n) is 10.7. The van der Waals surface area contributed by atoms with Crippen LogP contribution in [0.2, 0.25) is 0 Å². The standard InChI is InChI=1S/C51H63N11O5/c1-9-45(64)56-39-24-34(10-11-41(39)60-19-18-58(29-32(60)3)35-14-17-59(31(2)22-35)36-12-15-52-44(25-36)51(6,7)66)55-46-48(67-8)54-28-40(57-46)37-13-16-53-47(38(37)30-63)62-21-20-61-42(49(62)65)23-33-26-50(4,5)27-43(33)61/h9-13,15-16,23-25,28,31-32,35,63,66H,1,14,17-22,26-27,29-30H2,2-8H3,(H,55,57)(H,56,64)/t31-,32-,35?/m0/s1. The molecule has 4 N–H and O–H groups in total. The summed E-state index contributed by atoms with van der Waals surface area (Å²) in [5.74, 6) is 0.492. The number of fused-ring (bicyclic) bond motifs is 3. The van der Waals surface area contributed by atoms with Crippen molar-refractivity contribution >= 4 is 46.2 Å². The van der Waals surface area contributed by atoms with Crippen LogP contribution in [0.15, 0.2) is 73.7 Å². The maximum Gasteiger partial charge on any atom is 0.276 e. The van der Waals surface area contributed by atoms with Crippen molar-refractivity contribution in [3.05, 3.63) is 102 Å². The molecule has 67 heavy (non-hydrogen) atoms. The second-order valence-corrected chi connectivity index (χ2v) is 19.8. The number of hydrogen-bond acceptors (Lipinski definition) is 13. The molecule has 3 atom stereocenters. The van der Waals surface area contributed by atoms with E-state index in [1.807, 2.05) is 36.4 Å². The number of nitrogens with zero attached hydrogens (tertiary/aromatic N) is 9. The molecule has 1 unspecified atom stereocenters. The van der Waals surface area contributed by atoms with Crippen LogP contribution in [0.5, 0.6) is 5.88 Å². The lowest BCUT2D eigenvalue weighted by molar-refractivity contribution is -0.111. The minimum absolute atomic E-state index is 0.142. The predicted molar refractivity (Wildman–Crippen MR) is 261 cm³/mol. The summed E-state index contributed by atoms with van der Waals surface area (Å²) < 4.78 is 7.82. The van der Waals surface area contributed by atoms with Gasteiger partial charge in [0.25, 0.3) is 11.8 Å². The van der Waals surface area contributed by atoms with Gasteiger partial charge in [-0.1, -0.05) is 20.4 Å². The lowest BCUT2D eigenvalue weighted by Crippen LogP contribution is -2.58. The smallest absolute Gasteiger partial charge is 0.276 e. The van der Waals surface area contributed by atoms with Gasteiger partial charge in [-0.15, -0.1) is 0 Å². The number of anilines is 6. The second kappa shape index (κ2) is 18.0. The normalized spacial score (nSPS) is 20.6. The highest BCUT2D eigenvalue weighted by atomic mass is 16.5. The van der Waals surface area contributed by atoms with E-state index in [9.17, 15) is 19.8 Å². The molecule has 2 saturated heterocycles. The highest BCUT2D eigenvalue weighted by Crippen LogP contribution is 2.41. The average molecular weight is 910 g/mol. The highest BCUT2D eigenvalue weighted by Gasteiger charge is 2.38. The maximum absolute atomic E-state index is 14.1. The molecule has 0 bridgehead atoms. The van der Waals surface area contributed by atoms with Crippen LogP contribution in [-0.2, 0) is 36.4 Å². The number of nitrogens with one attached hydrogen (secondary N) is 2. The molecule has 16 heteroatoms. The second-order valence-electron chi connectivity index (χ2n) is 19.8. The first kappa shape index (κ1) is 45.8. The Morgan fingerprint density at radius 1 is 0.985 bits per heavy atom. The molecular formula is C51H63N11O5. The minimum atomic E-state index is -1.00. The van der Waals surface area contributed by atoms with Crippen LogP contribution in [0.25, 0.3) is 11.3 Å². The number of piperazine rings is 1. The largest absolute Gasteiger partial charge is 0.478 e. The summed E-state index contributed by atoms with van der Waals surface area (Å²) in [6, 6.07) is 14.6. The Bertz CT molecular complexity index is 2710. The molecule has 1 aliphatic carbocycles. The van der Waals surface area contributed by atoms with Crippen molar-refractivity contribution < 1.29 is 24.5 Å². The first-order chi connectivity index (χ1) is 32.0. The fraction of sp³-hybridized carbons (Fsp3) is 0.451.